The minimum Gasteiger partial charge on any atom is -0.328 e. The molecule has 0 bridgehead atoms. The first kappa shape index (κ1) is 14.9. The number of likely N-dealkylation sites (tertiary alicyclic amines) is 1. The van der Waals surface area contributed by atoms with Crippen LogP contribution >= 0.6 is 0 Å². The van der Waals surface area contributed by atoms with Crippen molar-refractivity contribution in [3.8, 4) is 0 Å². The fourth-order valence-corrected chi connectivity index (χ4v) is 2.73. The van der Waals surface area contributed by atoms with Gasteiger partial charge in [-0.15, -0.1) is 0 Å². The van der Waals surface area contributed by atoms with E-state index in [-0.39, 0.29) is 0 Å². The summed E-state index contributed by atoms with van der Waals surface area (Å²) in [5, 5.41) is 3.38. The number of unbranched alkanes of at least 4 members (excludes halogenated alkanes) is 1. The molecule has 0 aliphatic carbocycles. The molecule has 3 nitrogen and oxygen atoms in total. The maximum absolute atomic E-state index is 5.86. The Hall–Kier alpha value is -0.120. The summed E-state index contributed by atoms with van der Waals surface area (Å²) in [5.74, 6) is 0.882. The van der Waals surface area contributed by atoms with Crippen molar-refractivity contribution in [2.75, 3.05) is 32.7 Å². The van der Waals surface area contributed by atoms with Crippen LogP contribution in [-0.2, 0) is 0 Å². The van der Waals surface area contributed by atoms with Crippen molar-refractivity contribution < 1.29 is 0 Å². The van der Waals surface area contributed by atoms with Crippen LogP contribution < -0.4 is 11.1 Å². The molecule has 1 atom stereocenters. The van der Waals surface area contributed by atoms with E-state index in [4.69, 9.17) is 5.73 Å². The Kier molecular flexibility index (Phi) is 7.82. The van der Waals surface area contributed by atoms with Gasteiger partial charge in [0, 0.05) is 6.04 Å². The third kappa shape index (κ3) is 7.02. The summed E-state index contributed by atoms with van der Waals surface area (Å²) >= 11 is 0. The molecular formula is C14H31N3. The van der Waals surface area contributed by atoms with Gasteiger partial charge in [-0.25, -0.2) is 0 Å². The summed E-state index contributed by atoms with van der Waals surface area (Å²) in [6, 6.07) is 0.381. The number of rotatable bonds is 8. The molecular weight excluding hydrogens is 210 g/mol. The topological polar surface area (TPSA) is 41.3 Å². The van der Waals surface area contributed by atoms with Gasteiger partial charge in [0.2, 0.25) is 0 Å². The lowest BCUT2D eigenvalue weighted by atomic mass is 9.91. The van der Waals surface area contributed by atoms with Gasteiger partial charge < -0.3 is 16.0 Å². The molecule has 3 heteroatoms. The zero-order valence-corrected chi connectivity index (χ0v) is 11.8. The molecule has 1 aliphatic rings. The van der Waals surface area contributed by atoms with Crippen LogP contribution in [0.25, 0.3) is 0 Å². The van der Waals surface area contributed by atoms with Crippen molar-refractivity contribution in [1.29, 1.82) is 0 Å². The van der Waals surface area contributed by atoms with Gasteiger partial charge in [-0.2, -0.15) is 0 Å². The van der Waals surface area contributed by atoms with Gasteiger partial charge in [-0.1, -0.05) is 6.92 Å². The molecule has 102 valence electrons. The van der Waals surface area contributed by atoms with E-state index in [2.05, 4.69) is 24.1 Å². The van der Waals surface area contributed by atoms with Gasteiger partial charge in [0.05, 0.1) is 0 Å². The molecule has 1 heterocycles. The van der Waals surface area contributed by atoms with Crippen LogP contribution in [0, 0.1) is 5.92 Å². The average Bonchev–Trinajstić information content (AvgIpc) is 2.30. The van der Waals surface area contributed by atoms with Gasteiger partial charge in [0.15, 0.2) is 0 Å². The minimum absolute atomic E-state index is 0.381. The predicted octanol–water partition coefficient (Wildman–Crippen LogP) is 1.83. The predicted molar refractivity (Wildman–Crippen MR) is 75.2 cm³/mol. The number of hydrogen-bond donors (Lipinski definition) is 2. The van der Waals surface area contributed by atoms with Gasteiger partial charge in [0.25, 0.3) is 0 Å². The lowest BCUT2D eigenvalue weighted by Gasteiger charge is -2.32. The Bertz CT molecular complexity index is 174. The molecule has 0 amide bonds. The summed E-state index contributed by atoms with van der Waals surface area (Å²) in [6.45, 7) is 10.4. The molecule has 17 heavy (non-hydrogen) atoms. The first-order valence-electron chi connectivity index (χ1n) is 7.41. The highest BCUT2D eigenvalue weighted by atomic mass is 15.1. The molecule has 0 aromatic heterocycles. The summed E-state index contributed by atoms with van der Waals surface area (Å²) in [5.41, 5.74) is 5.86. The highest BCUT2D eigenvalue weighted by Crippen LogP contribution is 2.21. The third-order valence-corrected chi connectivity index (χ3v) is 3.74. The second-order valence-electron chi connectivity index (χ2n) is 5.56. The zero-order chi connectivity index (χ0) is 12.5. The monoisotopic (exact) mass is 241 g/mol. The van der Waals surface area contributed by atoms with Crippen molar-refractivity contribution in [3.63, 3.8) is 0 Å². The normalized spacial score (nSPS) is 20.6. The van der Waals surface area contributed by atoms with Crippen LogP contribution in [0.3, 0.4) is 0 Å². The highest BCUT2D eigenvalue weighted by Gasteiger charge is 2.19. The lowest BCUT2D eigenvalue weighted by Crippen LogP contribution is -2.36. The molecule has 0 radical (unpaired) electrons. The second kappa shape index (κ2) is 8.90. The van der Waals surface area contributed by atoms with E-state index in [1.807, 2.05) is 0 Å². The molecule has 1 saturated heterocycles. The van der Waals surface area contributed by atoms with Crippen molar-refractivity contribution in [3.05, 3.63) is 0 Å². The van der Waals surface area contributed by atoms with Crippen molar-refractivity contribution in [2.24, 2.45) is 11.7 Å². The second-order valence-corrected chi connectivity index (χ2v) is 5.56. The van der Waals surface area contributed by atoms with Gasteiger partial charge in [-0.3, -0.25) is 0 Å². The fraction of sp³-hybridized carbons (Fsp3) is 1.00. The summed E-state index contributed by atoms with van der Waals surface area (Å²) in [6.07, 6.45) is 6.58. The van der Waals surface area contributed by atoms with Crippen molar-refractivity contribution >= 4 is 0 Å². The Labute approximate surface area is 107 Å². The van der Waals surface area contributed by atoms with Crippen LogP contribution in [0.5, 0.6) is 0 Å². The first-order valence-corrected chi connectivity index (χ1v) is 7.41. The summed E-state index contributed by atoms with van der Waals surface area (Å²) < 4.78 is 0. The number of nitrogens with two attached hydrogens (primary N) is 1. The van der Waals surface area contributed by atoms with Crippen molar-refractivity contribution in [1.82, 2.24) is 10.2 Å². The van der Waals surface area contributed by atoms with E-state index in [9.17, 15) is 0 Å². The Morgan fingerprint density at radius 1 is 1.29 bits per heavy atom. The van der Waals surface area contributed by atoms with Crippen LogP contribution in [0.2, 0.25) is 0 Å². The molecule has 1 fully saturated rings. The van der Waals surface area contributed by atoms with E-state index in [1.165, 1.54) is 58.3 Å². The van der Waals surface area contributed by atoms with Crippen LogP contribution in [-0.4, -0.2) is 43.7 Å². The van der Waals surface area contributed by atoms with Gasteiger partial charge in [-0.05, 0) is 77.7 Å². The number of nitrogens with one attached hydrogen (secondary N) is 1. The highest BCUT2D eigenvalue weighted by molar-refractivity contribution is 4.74. The van der Waals surface area contributed by atoms with Gasteiger partial charge in [0.1, 0.15) is 0 Å². The van der Waals surface area contributed by atoms with E-state index in [1.54, 1.807) is 0 Å². The molecule has 0 spiro atoms. The van der Waals surface area contributed by atoms with E-state index < -0.39 is 0 Å². The SMILES string of the molecule is CCNCCCCN1CCC(CC(C)N)CC1. The number of hydrogen-bond acceptors (Lipinski definition) is 3. The average molecular weight is 241 g/mol. The van der Waals surface area contributed by atoms with Crippen LogP contribution in [0.15, 0.2) is 0 Å². The zero-order valence-electron chi connectivity index (χ0n) is 11.8. The maximum Gasteiger partial charge on any atom is 0.00131 e. The lowest BCUT2D eigenvalue weighted by molar-refractivity contribution is 0.173. The Balaban J connectivity index is 1.99. The summed E-state index contributed by atoms with van der Waals surface area (Å²) in [4.78, 5) is 2.63. The quantitative estimate of drug-likeness (QED) is 0.637. The smallest absolute Gasteiger partial charge is 0.00131 e. The van der Waals surface area contributed by atoms with Crippen molar-refractivity contribution in [2.45, 2.75) is 52.0 Å². The van der Waals surface area contributed by atoms with Gasteiger partial charge >= 0.3 is 0 Å². The molecule has 3 N–H and O–H groups in total. The number of nitrogens with zero attached hydrogens (tertiary/aromatic N) is 1. The Morgan fingerprint density at radius 2 is 2.00 bits per heavy atom. The molecule has 1 aliphatic heterocycles. The molecule has 1 unspecified atom stereocenters. The maximum atomic E-state index is 5.86. The molecule has 1 rings (SSSR count). The molecule has 0 saturated carbocycles. The third-order valence-electron chi connectivity index (χ3n) is 3.74. The molecule has 0 aromatic carbocycles. The largest absolute Gasteiger partial charge is 0.328 e. The minimum atomic E-state index is 0.381. The van der Waals surface area contributed by atoms with Crippen LogP contribution in [0.4, 0.5) is 0 Å². The van der Waals surface area contributed by atoms with Crippen LogP contribution in [0.1, 0.15) is 46.0 Å². The van der Waals surface area contributed by atoms with E-state index >= 15 is 0 Å². The van der Waals surface area contributed by atoms with E-state index in [0.717, 1.165) is 12.5 Å². The molecule has 0 aromatic rings. The van der Waals surface area contributed by atoms with E-state index in [0.29, 0.717) is 6.04 Å². The summed E-state index contributed by atoms with van der Waals surface area (Å²) in [7, 11) is 0. The first-order chi connectivity index (χ1) is 8.22. The number of piperidine rings is 1. The fourth-order valence-electron chi connectivity index (χ4n) is 2.73. The Morgan fingerprint density at radius 3 is 2.59 bits per heavy atom. The standard InChI is InChI=1S/C14H31N3/c1-3-16-8-4-5-9-17-10-6-14(7-11-17)12-13(2)15/h13-14,16H,3-12,15H2,1-2H3.